The van der Waals surface area contributed by atoms with Crippen molar-refractivity contribution in [2.45, 2.75) is 38.5 Å². The van der Waals surface area contributed by atoms with Gasteiger partial charge in [0.2, 0.25) is 0 Å². The Morgan fingerprint density at radius 3 is 2.72 bits per heavy atom. The average molecular weight is 345 g/mol. The van der Waals surface area contributed by atoms with Crippen molar-refractivity contribution in [3.05, 3.63) is 46.2 Å². The molecule has 2 amide bonds. The number of aromatic nitrogens is 1. The monoisotopic (exact) mass is 345 g/mol. The Morgan fingerprint density at radius 2 is 2.08 bits per heavy atom. The van der Waals surface area contributed by atoms with Gasteiger partial charge in [0.25, 0.3) is 5.56 Å². The lowest BCUT2D eigenvalue weighted by atomic mass is 9.54. The molecule has 2 aromatic rings. The molecule has 7 heteroatoms. The molecule has 1 heterocycles. The van der Waals surface area contributed by atoms with E-state index >= 15 is 0 Å². The molecule has 25 heavy (non-hydrogen) atoms. The Kier molecular flexibility index (Phi) is 4.30. The van der Waals surface area contributed by atoms with E-state index < -0.39 is 23.1 Å². The third-order valence-corrected chi connectivity index (χ3v) is 5.50. The third kappa shape index (κ3) is 2.89. The topological polar surface area (TPSA) is 114 Å². The number of hydrogen-bond acceptors (Lipinski definition) is 4. The lowest BCUT2D eigenvalue weighted by Crippen LogP contribution is -2.74. The number of benzene rings is 1. The fourth-order valence-corrected chi connectivity index (χ4v) is 3.32. The van der Waals surface area contributed by atoms with Crippen molar-refractivity contribution in [2.24, 2.45) is 5.41 Å². The SMILES string of the molecule is CC1(C)C(O)CC1(CO)NC(=O)NCc1cc2ccccc2[nH]c1=O. The summed E-state index contributed by atoms with van der Waals surface area (Å²) in [6.45, 7) is 3.40. The number of H-pyrrole nitrogens is 1. The second-order valence-electron chi connectivity index (χ2n) is 7.20. The molecule has 3 rings (SSSR count). The van der Waals surface area contributed by atoms with Gasteiger partial charge in [0, 0.05) is 23.0 Å². The van der Waals surface area contributed by atoms with Gasteiger partial charge in [-0.2, -0.15) is 0 Å². The minimum atomic E-state index is -0.869. The molecule has 0 spiro atoms. The minimum Gasteiger partial charge on any atom is -0.394 e. The average Bonchev–Trinajstić information content (AvgIpc) is 2.59. The predicted octanol–water partition coefficient (Wildman–Crippen LogP) is 0.849. The lowest BCUT2D eigenvalue weighted by Gasteiger charge is -2.58. The number of amides is 2. The highest BCUT2D eigenvalue weighted by atomic mass is 16.3. The first-order valence-electron chi connectivity index (χ1n) is 8.25. The number of rotatable bonds is 4. The Bertz CT molecular complexity index is 861. The fourth-order valence-electron chi connectivity index (χ4n) is 3.32. The molecule has 0 bridgehead atoms. The Hall–Kier alpha value is -2.38. The normalized spacial score (nSPS) is 24.6. The molecular formula is C18H23N3O4. The van der Waals surface area contributed by atoms with E-state index in [0.717, 1.165) is 10.9 Å². The first-order chi connectivity index (χ1) is 11.8. The van der Waals surface area contributed by atoms with Crippen LogP contribution in [0.5, 0.6) is 0 Å². The molecule has 1 aliphatic rings. The van der Waals surface area contributed by atoms with Crippen LogP contribution in [0.1, 0.15) is 25.8 Å². The van der Waals surface area contributed by atoms with Crippen LogP contribution in [0.3, 0.4) is 0 Å². The van der Waals surface area contributed by atoms with E-state index in [-0.39, 0.29) is 18.7 Å². The number of urea groups is 1. The van der Waals surface area contributed by atoms with Crippen molar-refractivity contribution in [3.63, 3.8) is 0 Å². The zero-order valence-electron chi connectivity index (χ0n) is 14.3. The molecule has 2 atom stereocenters. The van der Waals surface area contributed by atoms with Crippen LogP contribution < -0.4 is 16.2 Å². The standard InChI is InChI=1S/C18H23N3O4/c1-17(2)14(23)8-18(17,10-22)21-16(25)19-9-12-7-11-5-3-4-6-13(11)20-15(12)24/h3-7,14,22-23H,8-10H2,1-2H3,(H,20,24)(H2,19,21,25). The van der Waals surface area contributed by atoms with Gasteiger partial charge in [-0.1, -0.05) is 32.0 Å². The zero-order valence-corrected chi connectivity index (χ0v) is 14.3. The summed E-state index contributed by atoms with van der Waals surface area (Å²) in [5, 5.41) is 25.8. The van der Waals surface area contributed by atoms with Gasteiger partial charge in [-0.05, 0) is 23.9 Å². The summed E-state index contributed by atoms with van der Waals surface area (Å²) in [7, 11) is 0. The molecular weight excluding hydrogens is 322 g/mol. The van der Waals surface area contributed by atoms with Gasteiger partial charge in [-0.15, -0.1) is 0 Å². The second-order valence-corrected chi connectivity index (χ2v) is 7.20. The number of pyridine rings is 1. The van der Waals surface area contributed by atoms with Gasteiger partial charge in [0.1, 0.15) is 0 Å². The number of aliphatic hydroxyl groups is 2. The number of aliphatic hydroxyl groups excluding tert-OH is 2. The minimum absolute atomic E-state index is 0.0660. The molecule has 0 aliphatic heterocycles. The number of carbonyl (C=O) groups is 1. The summed E-state index contributed by atoms with van der Waals surface area (Å²) in [5.74, 6) is 0. The summed E-state index contributed by atoms with van der Waals surface area (Å²) in [5.41, 5.74) is -0.563. The Balaban J connectivity index is 1.69. The van der Waals surface area contributed by atoms with Crippen LogP contribution in [0.25, 0.3) is 10.9 Å². The highest BCUT2D eigenvalue weighted by Crippen LogP contribution is 2.49. The largest absolute Gasteiger partial charge is 0.394 e. The van der Waals surface area contributed by atoms with E-state index in [1.807, 2.05) is 24.3 Å². The molecule has 134 valence electrons. The number of nitrogens with one attached hydrogen (secondary N) is 3. The van der Waals surface area contributed by atoms with E-state index in [4.69, 9.17) is 0 Å². The number of hydrogen-bond donors (Lipinski definition) is 5. The molecule has 1 aliphatic carbocycles. The van der Waals surface area contributed by atoms with E-state index in [1.165, 1.54) is 0 Å². The van der Waals surface area contributed by atoms with Crippen LogP contribution in [0.15, 0.2) is 35.1 Å². The first kappa shape index (κ1) is 17.4. The van der Waals surface area contributed by atoms with Crippen LogP contribution in [-0.4, -0.2) is 39.5 Å². The molecule has 1 saturated carbocycles. The number of para-hydroxylation sites is 1. The van der Waals surface area contributed by atoms with Gasteiger partial charge in [0.05, 0.1) is 18.2 Å². The summed E-state index contributed by atoms with van der Waals surface area (Å²) in [4.78, 5) is 27.1. The van der Waals surface area contributed by atoms with Gasteiger partial charge in [-0.3, -0.25) is 4.79 Å². The molecule has 2 unspecified atom stereocenters. The quantitative estimate of drug-likeness (QED) is 0.565. The van der Waals surface area contributed by atoms with E-state index in [2.05, 4.69) is 15.6 Å². The van der Waals surface area contributed by atoms with Crippen LogP contribution in [-0.2, 0) is 6.54 Å². The van der Waals surface area contributed by atoms with Crippen LogP contribution in [0.2, 0.25) is 0 Å². The summed E-state index contributed by atoms with van der Waals surface area (Å²) in [6.07, 6.45) is -0.288. The van der Waals surface area contributed by atoms with Crippen molar-refractivity contribution >= 4 is 16.9 Å². The molecule has 1 fully saturated rings. The molecule has 1 aromatic heterocycles. The first-order valence-corrected chi connectivity index (χ1v) is 8.25. The van der Waals surface area contributed by atoms with E-state index in [1.54, 1.807) is 19.9 Å². The molecule has 1 aromatic carbocycles. The van der Waals surface area contributed by atoms with Crippen molar-refractivity contribution in [1.29, 1.82) is 0 Å². The Morgan fingerprint density at radius 1 is 1.36 bits per heavy atom. The maximum atomic E-state index is 12.2. The van der Waals surface area contributed by atoms with Crippen molar-refractivity contribution < 1.29 is 15.0 Å². The van der Waals surface area contributed by atoms with Gasteiger partial charge < -0.3 is 25.8 Å². The Labute approximate surface area is 145 Å². The summed E-state index contributed by atoms with van der Waals surface area (Å²) < 4.78 is 0. The maximum absolute atomic E-state index is 12.2. The number of aromatic amines is 1. The van der Waals surface area contributed by atoms with Crippen LogP contribution in [0.4, 0.5) is 4.79 Å². The lowest BCUT2D eigenvalue weighted by molar-refractivity contribution is -0.145. The highest BCUT2D eigenvalue weighted by Gasteiger charge is 2.60. The van der Waals surface area contributed by atoms with Crippen LogP contribution in [0, 0.1) is 5.41 Å². The van der Waals surface area contributed by atoms with Crippen molar-refractivity contribution in [1.82, 2.24) is 15.6 Å². The zero-order chi connectivity index (χ0) is 18.2. The smallest absolute Gasteiger partial charge is 0.315 e. The third-order valence-electron chi connectivity index (χ3n) is 5.50. The molecule has 5 N–H and O–H groups in total. The van der Waals surface area contributed by atoms with Gasteiger partial charge >= 0.3 is 6.03 Å². The number of fused-ring (bicyclic) bond motifs is 1. The predicted molar refractivity (Wildman–Crippen MR) is 94.2 cm³/mol. The van der Waals surface area contributed by atoms with E-state index in [9.17, 15) is 19.8 Å². The fraction of sp³-hybridized carbons (Fsp3) is 0.444. The maximum Gasteiger partial charge on any atom is 0.315 e. The molecule has 0 saturated heterocycles. The number of carbonyl (C=O) groups excluding carboxylic acids is 1. The van der Waals surface area contributed by atoms with Gasteiger partial charge in [0.15, 0.2) is 0 Å². The second kappa shape index (κ2) is 6.16. The van der Waals surface area contributed by atoms with Crippen molar-refractivity contribution in [3.8, 4) is 0 Å². The summed E-state index contributed by atoms with van der Waals surface area (Å²) >= 11 is 0. The van der Waals surface area contributed by atoms with Crippen molar-refractivity contribution in [2.75, 3.05) is 6.61 Å². The highest BCUT2D eigenvalue weighted by molar-refractivity contribution is 5.79. The van der Waals surface area contributed by atoms with Gasteiger partial charge in [-0.25, -0.2) is 4.79 Å². The molecule has 0 radical (unpaired) electrons. The molecule has 7 nitrogen and oxygen atoms in total. The summed E-state index contributed by atoms with van der Waals surface area (Å²) in [6, 6.07) is 8.67. The van der Waals surface area contributed by atoms with E-state index in [0.29, 0.717) is 12.0 Å². The van der Waals surface area contributed by atoms with Crippen LogP contribution >= 0.6 is 0 Å².